The molecule has 0 amide bonds. The summed E-state index contributed by atoms with van der Waals surface area (Å²) in [5.41, 5.74) is 0. The lowest BCUT2D eigenvalue weighted by Crippen LogP contribution is -2.38. The smallest absolute Gasteiger partial charge is 0.232 e. The maximum absolute atomic E-state index is 5.72. The van der Waals surface area contributed by atoms with Crippen LogP contribution in [0.4, 0.5) is 5.82 Å². The number of piperidine rings is 1. The van der Waals surface area contributed by atoms with Gasteiger partial charge in [-0.15, -0.1) is 0 Å². The third-order valence-electron chi connectivity index (χ3n) is 3.61. The molecular weight excluding hydrogens is 266 g/mol. The van der Waals surface area contributed by atoms with E-state index in [1.165, 1.54) is 6.42 Å². The van der Waals surface area contributed by atoms with Gasteiger partial charge in [-0.05, 0) is 25.8 Å². The van der Waals surface area contributed by atoms with Gasteiger partial charge in [0, 0.05) is 37.6 Å². The van der Waals surface area contributed by atoms with Crippen LogP contribution in [0.25, 0.3) is 0 Å². The van der Waals surface area contributed by atoms with E-state index in [2.05, 4.69) is 24.8 Å². The largest absolute Gasteiger partial charge is 0.476 e. The predicted molar refractivity (Wildman–Crippen MR) is 79.2 cm³/mol. The van der Waals surface area contributed by atoms with E-state index in [1.807, 2.05) is 19.2 Å². The lowest BCUT2D eigenvalue weighted by molar-refractivity contribution is 0.221. The van der Waals surface area contributed by atoms with Crippen LogP contribution in [0.2, 0.25) is 0 Å². The molecule has 1 unspecified atom stereocenters. The molecule has 6 heteroatoms. The van der Waals surface area contributed by atoms with Gasteiger partial charge in [0.25, 0.3) is 0 Å². The van der Waals surface area contributed by atoms with Crippen LogP contribution < -0.4 is 9.64 Å². The van der Waals surface area contributed by atoms with E-state index in [4.69, 9.17) is 4.74 Å². The molecule has 2 aromatic heterocycles. The quantitative estimate of drug-likeness (QED) is 0.854. The Morgan fingerprint density at radius 1 is 1.29 bits per heavy atom. The van der Waals surface area contributed by atoms with Gasteiger partial charge in [-0.2, -0.15) is 0 Å². The van der Waals surface area contributed by atoms with Crippen molar-refractivity contribution in [3.05, 3.63) is 36.7 Å². The Balaban J connectivity index is 1.58. The third-order valence-corrected chi connectivity index (χ3v) is 3.61. The van der Waals surface area contributed by atoms with Crippen molar-refractivity contribution in [1.29, 1.82) is 0 Å². The summed E-state index contributed by atoms with van der Waals surface area (Å²) < 4.78 is 5.72. The molecule has 0 radical (unpaired) electrons. The van der Waals surface area contributed by atoms with E-state index >= 15 is 0 Å². The van der Waals surface area contributed by atoms with Crippen molar-refractivity contribution in [2.45, 2.75) is 19.8 Å². The molecule has 0 saturated carbocycles. The van der Waals surface area contributed by atoms with Crippen LogP contribution >= 0.6 is 0 Å². The number of ether oxygens (including phenoxy) is 1. The molecule has 6 nitrogen and oxygen atoms in total. The molecule has 0 N–H and O–H groups in total. The Labute approximate surface area is 124 Å². The van der Waals surface area contributed by atoms with Crippen LogP contribution in [0, 0.1) is 12.8 Å². The molecule has 1 fully saturated rings. The highest BCUT2D eigenvalue weighted by atomic mass is 16.5. The average molecular weight is 285 g/mol. The molecular formula is C15H19N5O. The molecule has 1 saturated heterocycles. The van der Waals surface area contributed by atoms with E-state index in [-0.39, 0.29) is 0 Å². The lowest BCUT2D eigenvalue weighted by atomic mass is 9.99. The first-order valence-electron chi connectivity index (χ1n) is 7.24. The number of hydrogen-bond acceptors (Lipinski definition) is 6. The van der Waals surface area contributed by atoms with Gasteiger partial charge in [0.2, 0.25) is 5.88 Å². The van der Waals surface area contributed by atoms with Gasteiger partial charge in [-0.3, -0.25) is 4.98 Å². The number of anilines is 1. The van der Waals surface area contributed by atoms with Crippen LogP contribution in [0.1, 0.15) is 18.7 Å². The minimum absolute atomic E-state index is 0.482. The van der Waals surface area contributed by atoms with Crippen molar-refractivity contribution in [3.63, 3.8) is 0 Å². The molecule has 21 heavy (non-hydrogen) atoms. The second kappa shape index (κ2) is 6.47. The van der Waals surface area contributed by atoms with Gasteiger partial charge >= 0.3 is 0 Å². The fourth-order valence-corrected chi connectivity index (χ4v) is 2.59. The number of rotatable bonds is 4. The highest BCUT2D eigenvalue weighted by Crippen LogP contribution is 2.22. The van der Waals surface area contributed by atoms with Crippen LogP contribution in [0.5, 0.6) is 5.88 Å². The SMILES string of the molecule is Cc1nccc(N2CCCC(COc3cnccn3)C2)n1. The zero-order chi connectivity index (χ0) is 14.5. The Bertz CT molecular complexity index is 577. The van der Waals surface area contributed by atoms with Crippen molar-refractivity contribution in [3.8, 4) is 5.88 Å². The maximum atomic E-state index is 5.72. The number of aryl methyl sites for hydroxylation is 1. The summed E-state index contributed by atoms with van der Waals surface area (Å²) in [5, 5.41) is 0. The van der Waals surface area contributed by atoms with Crippen LogP contribution in [-0.2, 0) is 0 Å². The summed E-state index contributed by atoms with van der Waals surface area (Å²) in [7, 11) is 0. The zero-order valence-electron chi connectivity index (χ0n) is 12.1. The normalized spacial score (nSPS) is 18.5. The maximum Gasteiger partial charge on any atom is 0.232 e. The molecule has 0 bridgehead atoms. The summed E-state index contributed by atoms with van der Waals surface area (Å²) in [4.78, 5) is 19.1. The van der Waals surface area contributed by atoms with Gasteiger partial charge in [-0.1, -0.05) is 0 Å². The van der Waals surface area contributed by atoms with Crippen molar-refractivity contribution in [1.82, 2.24) is 19.9 Å². The second-order valence-corrected chi connectivity index (χ2v) is 5.27. The van der Waals surface area contributed by atoms with Crippen molar-refractivity contribution in [2.75, 3.05) is 24.6 Å². The monoisotopic (exact) mass is 285 g/mol. The summed E-state index contributed by atoms with van der Waals surface area (Å²) in [6.07, 6.45) is 9.07. The predicted octanol–water partition coefficient (Wildman–Crippen LogP) is 1.87. The highest BCUT2D eigenvalue weighted by Gasteiger charge is 2.21. The van der Waals surface area contributed by atoms with E-state index in [1.54, 1.807) is 18.6 Å². The van der Waals surface area contributed by atoms with Gasteiger partial charge in [0.15, 0.2) is 0 Å². The minimum atomic E-state index is 0.482. The molecule has 0 spiro atoms. The fourth-order valence-electron chi connectivity index (χ4n) is 2.59. The van der Waals surface area contributed by atoms with Crippen molar-refractivity contribution in [2.24, 2.45) is 5.92 Å². The minimum Gasteiger partial charge on any atom is -0.476 e. The number of aromatic nitrogens is 4. The Kier molecular flexibility index (Phi) is 4.23. The average Bonchev–Trinajstić information content (AvgIpc) is 2.54. The Morgan fingerprint density at radius 2 is 2.24 bits per heavy atom. The summed E-state index contributed by atoms with van der Waals surface area (Å²) in [6, 6.07) is 1.97. The summed E-state index contributed by atoms with van der Waals surface area (Å²) in [5.74, 6) is 2.89. The lowest BCUT2D eigenvalue weighted by Gasteiger charge is -2.33. The van der Waals surface area contributed by atoms with Crippen molar-refractivity contribution >= 4 is 5.82 Å². The van der Waals surface area contributed by atoms with Crippen LogP contribution in [0.3, 0.4) is 0 Å². The van der Waals surface area contributed by atoms with Crippen LogP contribution in [-0.4, -0.2) is 39.6 Å². The van der Waals surface area contributed by atoms with Gasteiger partial charge in [0.1, 0.15) is 11.6 Å². The zero-order valence-corrected chi connectivity index (χ0v) is 12.1. The molecule has 1 aliphatic rings. The molecule has 1 aliphatic heterocycles. The first kappa shape index (κ1) is 13.7. The Hall–Kier alpha value is -2.24. The molecule has 0 aromatic carbocycles. The molecule has 0 aliphatic carbocycles. The van der Waals surface area contributed by atoms with E-state index in [9.17, 15) is 0 Å². The van der Waals surface area contributed by atoms with Gasteiger partial charge < -0.3 is 9.64 Å². The van der Waals surface area contributed by atoms with Crippen LogP contribution in [0.15, 0.2) is 30.9 Å². The highest BCUT2D eigenvalue weighted by molar-refractivity contribution is 5.37. The first-order valence-corrected chi connectivity index (χ1v) is 7.24. The fraction of sp³-hybridized carbons (Fsp3) is 0.467. The standard InChI is InChI=1S/C15H19N5O/c1-12-17-5-4-14(19-12)20-8-2-3-13(10-20)11-21-15-9-16-6-7-18-15/h4-7,9,13H,2-3,8,10-11H2,1H3. The molecule has 2 aromatic rings. The third kappa shape index (κ3) is 3.65. The van der Waals surface area contributed by atoms with Gasteiger partial charge in [-0.25, -0.2) is 15.0 Å². The van der Waals surface area contributed by atoms with E-state index in [0.29, 0.717) is 18.4 Å². The molecule has 1 atom stereocenters. The Morgan fingerprint density at radius 3 is 3.05 bits per heavy atom. The second-order valence-electron chi connectivity index (χ2n) is 5.27. The first-order chi connectivity index (χ1) is 10.3. The van der Waals surface area contributed by atoms with E-state index < -0.39 is 0 Å². The van der Waals surface area contributed by atoms with E-state index in [0.717, 1.165) is 31.2 Å². The summed E-state index contributed by atoms with van der Waals surface area (Å²) in [6.45, 7) is 4.58. The number of nitrogens with zero attached hydrogens (tertiary/aromatic N) is 5. The molecule has 3 heterocycles. The topological polar surface area (TPSA) is 64.0 Å². The molecule has 3 rings (SSSR count). The number of hydrogen-bond donors (Lipinski definition) is 0. The van der Waals surface area contributed by atoms with Gasteiger partial charge in [0.05, 0.1) is 12.8 Å². The summed E-state index contributed by atoms with van der Waals surface area (Å²) >= 11 is 0. The molecule has 110 valence electrons. The van der Waals surface area contributed by atoms with Crippen molar-refractivity contribution < 1.29 is 4.74 Å².